The van der Waals surface area contributed by atoms with Gasteiger partial charge in [0.25, 0.3) is 0 Å². The van der Waals surface area contributed by atoms with E-state index in [4.69, 9.17) is 0 Å². The van der Waals surface area contributed by atoms with Gasteiger partial charge >= 0.3 is 0 Å². The van der Waals surface area contributed by atoms with Gasteiger partial charge in [0, 0.05) is 19.0 Å². The molecule has 212 valence electrons. The predicted molar refractivity (Wildman–Crippen MR) is 159 cm³/mol. The van der Waals surface area contributed by atoms with Gasteiger partial charge in [-0.05, 0) is 43.0 Å². The molecule has 4 rings (SSSR count). The number of aryl methyl sites for hydroxylation is 1. The number of anilines is 1. The van der Waals surface area contributed by atoms with Crippen molar-refractivity contribution in [1.82, 2.24) is 10.2 Å². The standard InChI is InChI=1S/C32H39N3O4S/c1-25-18-20-27(21-19-25)23-34(31(36)24-35(40(2,38)39)29-16-10-5-11-17-29)30(22-26-12-6-3-7-13-26)32(37)33-28-14-8-4-9-15-28/h3,5-7,10-13,16-21,28,30H,4,8-9,14-15,22-24H2,1-2H3,(H,33,37)/t30-/m1/s1. The van der Waals surface area contributed by atoms with Gasteiger partial charge in [-0.25, -0.2) is 8.42 Å². The van der Waals surface area contributed by atoms with Crippen molar-refractivity contribution in [1.29, 1.82) is 0 Å². The molecule has 2 amide bonds. The van der Waals surface area contributed by atoms with Crippen LogP contribution in [-0.4, -0.2) is 50.0 Å². The maximum atomic E-state index is 14.1. The van der Waals surface area contributed by atoms with E-state index < -0.39 is 28.5 Å². The van der Waals surface area contributed by atoms with Crippen LogP contribution in [0, 0.1) is 6.92 Å². The second-order valence-corrected chi connectivity index (χ2v) is 12.6. The summed E-state index contributed by atoms with van der Waals surface area (Å²) in [6.45, 7) is 1.77. The minimum Gasteiger partial charge on any atom is -0.352 e. The van der Waals surface area contributed by atoms with Crippen LogP contribution in [0.1, 0.15) is 48.8 Å². The van der Waals surface area contributed by atoms with Gasteiger partial charge in [0.15, 0.2) is 0 Å². The molecule has 1 aliphatic carbocycles. The molecule has 0 spiro atoms. The molecule has 8 heteroatoms. The fourth-order valence-corrected chi connectivity index (χ4v) is 6.05. The molecule has 0 saturated heterocycles. The molecule has 40 heavy (non-hydrogen) atoms. The molecular weight excluding hydrogens is 522 g/mol. The number of rotatable bonds is 11. The lowest BCUT2D eigenvalue weighted by atomic mass is 9.94. The smallest absolute Gasteiger partial charge is 0.244 e. The summed E-state index contributed by atoms with van der Waals surface area (Å²) < 4.78 is 26.7. The van der Waals surface area contributed by atoms with Crippen LogP contribution in [0.4, 0.5) is 5.69 Å². The zero-order valence-corrected chi connectivity index (χ0v) is 24.1. The zero-order chi connectivity index (χ0) is 28.5. The fraction of sp³-hybridized carbons (Fsp3) is 0.375. The zero-order valence-electron chi connectivity index (χ0n) is 23.3. The minimum atomic E-state index is -3.77. The normalized spacial score (nSPS) is 14.8. The first-order valence-corrected chi connectivity index (χ1v) is 15.8. The summed E-state index contributed by atoms with van der Waals surface area (Å²) in [5.41, 5.74) is 3.29. The molecule has 0 aliphatic heterocycles. The summed E-state index contributed by atoms with van der Waals surface area (Å²) in [5.74, 6) is -0.642. The molecule has 1 aliphatic rings. The number of carbonyl (C=O) groups excluding carboxylic acids is 2. The van der Waals surface area contributed by atoms with E-state index in [1.165, 1.54) is 6.42 Å². The van der Waals surface area contributed by atoms with E-state index >= 15 is 0 Å². The summed E-state index contributed by atoms with van der Waals surface area (Å²) in [6.07, 6.45) is 6.56. The van der Waals surface area contributed by atoms with Gasteiger partial charge in [0.1, 0.15) is 12.6 Å². The number of benzene rings is 3. The fourth-order valence-electron chi connectivity index (χ4n) is 5.20. The van der Waals surface area contributed by atoms with E-state index in [1.54, 1.807) is 35.2 Å². The Morgan fingerprint density at radius 3 is 2.05 bits per heavy atom. The number of nitrogens with zero attached hydrogens (tertiary/aromatic N) is 2. The van der Waals surface area contributed by atoms with Crippen molar-refractivity contribution in [3.05, 3.63) is 102 Å². The molecule has 1 atom stereocenters. The van der Waals surface area contributed by atoms with Crippen LogP contribution in [0.25, 0.3) is 0 Å². The van der Waals surface area contributed by atoms with Crippen LogP contribution < -0.4 is 9.62 Å². The van der Waals surface area contributed by atoms with E-state index in [1.807, 2.05) is 61.5 Å². The van der Waals surface area contributed by atoms with Gasteiger partial charge < -0.3 is 10.2 Å². The molecule has 3 aromatic carbocycles. The number of hydrogen-bond donors (Lipinski definition) is 1. The van der Waals surface area contributed by atoms with Crippen molar-refractivity contribution in [2.75, 3.05) is 17.1 Å². The number of amides is 2. The average molecular weight is 562 g/mol. The van der Waals surface area contributed by atoms with E-state index in [2.05, 4.69) is 5.32 Å². The molecule has 0 radical (unpaired) electrons. The lowest BCUT2D eigenvalue weighted by Crippen LogP contribution is -2.55. The molecule has 0 aromatic heterocycles. The summed E-state index contributed by atoms with van der Waals surface area (Å²) in [4.78, 5) is 29.6. The lowest BCUT2D eigenvalue weighted by molar-refractivity contribution is -0.140. The van der Waals surface area contributed by atoms with E-state index in [0.29, 0.717) is 12.1 Å². The number of carbonyl (C=O) groups is 2. The lowest BCUT2D eigenvalue weighted by Gasteiger charge is -2.35. The summed E-state index contributed by atoms with van der Waals surface area (Å²) >= 11 is 0. The summed E-state index contributed by atoms with van der Waals surface area (Å²) in [6, 6.07) is 25.3. The van der Waals surface area contributed by atoms with Gasteiger partial charge in [0.2, 0.25) is 21.8 Å². The van der Waals surface area contributed by atoms with Gasteiger partial charge in [0.05, 0.1) is 11.9 Å². The third-order valence-corrected chi connectivity index (χ3v) is 8.56. The van der Waals surface area contributed by atoms with Crippen LogP contribution in [0.2, 0.25) is 0 Å². The van der Waals surface area contributed by atoms with Crippen molar-refractivity contribution >= 4 is 27.5 Å². The van der Waals surface area contributed by atoms with Crippen molar-refractivity contribution in [3.63, 3.8) is 0 Å². The van der Waals surface area contributed by atoms with Crippen molar-refractivity contribution in [2.24, 2.45) is 0 Å². The first-order valence-electron chi connectivity index (χ1n) is 13.9. The summed E-state index contributed by atoms with van der Waals surface area (Å²) in [7, 11) is -3.77. The number of nitrogens with one attached hydrogen (secondary N) is 1. The highest BCUT2D eigenvalue weighted by molar-refractivity contribution is 7.92. The molecule has 0 bridgehead atoms. The molecule has 3 aromatic rings. The maximum Gasteiger partial charge on any atom is 0.244 e. The Bertz CT molecular complexity index is 1360. The largest absolute Gasteiger partial charge is 0.352 e. The average Bonchev–Trinajstić information content (AvgIpc) is 2.95. The molecule has 0 heterocycles. The highest BCUT2D eigenvalue weighted by Gasteiger charge is 2.34. The molecule has 1 saturated carbocycles. The quantitative estimate of drug-likeness (QED) is 0.363. The Morgan fingerprint density at radius 2 is 1.45 bits per heavy atom. The number of hydrogen-bond acceptors (Lipinski definition) is 4. The molecule has 1 fully saturated rings. The van der Waals surface area contributed by atoms with Crippen LogP contribution in [-0.2, 0) is 32.6 Å². The Hall–Kier alpha value is -3.65. The maximum absolute atomic E-state index is 14.1. The van der Waals surface area contributed by atoms with Crippen LogP contribution >= 0.6 is 0 Å². The monoisotopic (exact) mass is 561 g/mol. The van der Waals surface area contributed by atoms with Crippen LogP contribution in [0.3, 0.4) is 0 Å². The first-order chi connectivity index (χ1) is 19.2. The number of sulfonamides is 1. The van der Waals surface area contributed by atoms with E-state index in [9.17, 15) is 18.0 Å². The first kappa shape index (κ1) is 29.3. The van der Waals surface area contributed by atoms with Gasteiger partial charge in [-0.3, -0.25) is 13.9 Å². The third-order valence-electron chi connectivity index (χ3n) is 7.42. The van der Waals surface area contributed by atoms with Gasteiger partial charge in [-0.1, -0.05) is 97.6 Å². The predicted octanol–water partition coefficient (Wildman–Crippen LogP) is 4.85. The second kappa shape index (κ2) is 13.6. The van der Waals surface area contributed by atoms with Crippen molar-refractivity contribution in [2.45, 2.75) is 64.1 Å². The second-order valence-electron chi connectivity index (χ2n) is 10.7. The summed E-state index contributed by atoms with van der Waals surface area (Å²) in [5, 5.41) is 3.22. The van der Waals surface area contributed by atoms with Crippen LogP contribution in [0.15, 0.2) is 84.9 Å². The third kappa shape index (κ3) is 8.18. The molecule has 0 unspecified atom stereocenters. The Balaban J connectivity index is 1.70. The molecule has 7 nitrogen and oxygen atoms in total. The topological polar surface area (TPSA) is 86.8 Å². The Labute approximate surface area is 238 Å². The highest BCUT2D eigenvalue weighted by atomic mass is 32.2. The minimum absolute atomic E-state index is 0.0766. The van der Waals surface area contributed by atoms with E-state index in [0.717, 1.165) is 52.9 Å². The highest BCUT2D eigenvalue weighted by Crippen LogP contribution is 2.22. The SMILES string of the molecule is Cc1ccc(CN(C(=O)CN(c2ccccc2)S(C)(=O)=O)[C@H](Cc2ccccc2)C(=O)NC2CCCCC2)cc1. The Kier molecular flexibility index (Phi) is 9.98. The van der Waals surface area contributed by atoms with E-state index in [-0.39, 0.29) is 18.5 Å². The van der Waals surface area contributed by atoms with Gasteiger partial charge in [-0.2, -0.15) is 0 Å². The molecule has 1 N–H and O–H groups in total. The molecular formula is C32H39N3O4S. The van der Waals surface area contributed by atoms with Crippen molar-refractivity contribution in [3.8, 4) is 0 Å². The van der Waals surface area contributed by atoms with Crippen molar-refractivity contribution < 1.29 is 18.0 Å². The van der Waals surface area contributed by atoms with Gasteiger partial charge in [-0.15, -0.1) is 0 Å². The van der Waals surface area contributed by atoms with Crippen LogP contribution in [0.5, 0.6) is 0 Å². The number of para-hydroxylation sites is 1. The Morgan fingerprint density at radius 1 is 0.850 bits per heavy atom.